The summed E-state index contributed by atoms with van der Waals surface area (Å²) >= 11 is 3.22. The average Bonchev–Trinajstić information content (AvgIpc) is 2.34. The molecular weight excluding hydrogens is 320 g/mol. The number of carboxylic acid groups (broad SMARTS) is 2. The minimum atomic E-state index is -1.11. The van der Waals surface area contributed by atoms with Crippen LogP contribution in [0.2, 0.25) is 0 Å². The lowest BCUT2D eigenvalue weighted by Crippen LogP contribution is -2.10. The van der Waals surface area contributed by atoms with E-state index < -0.39 is 18.5 Å². The first kappa shape index (κ1) is 15.0. The van der Waals surface area contributed by atoms with Crippen LogP contribution < -0.4 is 9.47 Å². The molecule has 1 aromatic rings. The van der Waals surface area contributed by atoms with E-state index in [1.807, 2.05) is 0 Å². The lowest BCUT2D eigenvalue weighted by atomic mass is 10.2. The summed E-state index contributed by atoms with van der Waals surface area (Å²) in [5.41, 5.74) is 0.578. The van der Waals surface area contributed by atoms with Crippen LogP contribution in [0.15, 0.2) is 22.7 Å². The van der Waals surface area contributed by atoms with Crippen LogP contribution in [0.25, 0.3) is 6.08 Å². The quantitative estimate of drug-likeness (QED) is 0.775. The molecule has 0 spiro atoms. The molecule has 0 atom stereocenters. The Morgan fingerprint density at radius 1 is 1.37 bits per heavy atom. The summed E-state index contributed by atoms with van der Waals surface area (Å²) in [4.78, 5) is 20.9. The van der Waals surface area contributed by atoms with Gasteiger partial charge in [-0.15, -0.1) is 0 Å². The molecule has 19 heavy (non-hydrogen) atoms. The summed E-state index contributed by atoms with van der Waals surface area (Å²) in [7, 11) is 1.40. The highest BCUT2D eigenvalue weighted by atomic mass is 79.9. The van der Waals surface area contributed by atoms with Crippen LogP contribution in [0.5, 0.6) is 11.5 Å². The molecule has 0 aliphatic rings. The third kappa shape index (κ3) is 4.63. The Balaban J connectivity index is 3.07. The summed E-state index contributed by atoms with van der Waals surface area (Å²) in [6, 6.07) is 3.14. The van der Waals surface area contributed by atoms with Gasteiger partial charge in [0, 0.05) is 6.08 Å². The fourth-order valence-electron chi connectivity index (χ4n) is 1.28. The molecule has 0 fully saturated rings. The molecule has 0 saturated carbocycles. The Kier molecular flexibility index (Phi) is 5.37. The first-order chi connectivity index (χ1) is 8.93. The van der Waals surface area contributed by atoms with Crippen LogP contribution >= 0.6 is 15.9 Å². The Bertz CT molecular complexity index is 523. The normalized spacial score (nSPS) is 10.4. The number of ether oxygens (including phenoxy) is 2. The molecule has 0 heterocycles. The number of hydrogen-bond acceptors (Lipinski definition) is 4. The Labute approximate surface area is 117 Å². The van der Waals surface area contributed by atoms with Gasteiger partial charge in [-0.3, -0.25) is 0 Å². The molecule has 1 rings (SSSR count). The molecule has 0 radical (unpaired) electrons. The van der Waals surface area contributed by atoms with Crippen LogP contribution in [-0.4, -0.2) is 35.9 Å². The minimum absolute atomic E-state index is 0.248. The van der Waals surface area contributed by atoms with E-state index in [0.717, 1.165) is 6.08 Å². The van der Waals surface area contributed by atoms with E-state index >= 15 is 0 Å². The first-order valence-electron chi connectivity index (χ1n) is 5.07. The fourth-order valence-corrected chi connectivity index (χ4v) is 1.85. The van der Waals surface area contributed by atoms with Crippen LogP contribution in [0.1, 0.15) is 5.56 Å². The van der Waals surface area contributed by atoms with Crippen molar-refractivity contribution in [1.29, 1.82) is 0 Å². The highest BCUT2D eigenvalue weighted by Crippen LogP contribution is 2.36. The SMILES string of the molecule is COc1cc(/C=C/C(=O)O)cc(Br)c1OCC(=O)O. The van der Waals surface area contributed by atoms with E-state index in [-0.39, 0.29) is 5.75 Å². The predicted octanol–water partition coefficient (Wildman–Crippen LogP) is 2.02. The third-order valence-electron chi connectivity index (χ3n) is 2.01. The minimum Gasteiger partial charge on any atom is -0.493 e. The van der Waals surface area contributed by atoms with Gasteiger partial charge in [-0.05, 0) is 39.7 Å². The van der Waals surface area contributed by atoms with Gasteiger partial charge in [-0.2, -0.15) is 0 Å². The van der Waals surface area contributed by atoms with Crippen LogP contribution in [0.3, 0.4) is 0 Å². The van der Waals surface area contributed by atoms with Crippen molar-refractivity contribution >= 4 is 33.9 Å². The first-order valence-corrected chi connectivity index (χ1v) is 5.86. The van der Waals surface area contributed by atoms with Gasteiger partial charge in [0.05, 0.1) is 11.6 Å². The van der Waals surface area contributed by atoms with Crippen LogP contribution in [-0.2, 0) is 9.59 Å². The Morgan fingerprint density at radius 2 is 2.05 bits per heavy atom. The molecule has 0 aromatic heterocycles. The predicted molar refractivity (Wildman–Crippen MR) is 70.5 cm³/mol. The molecule has 0 aliphatic carbocycles. The zero-order valence-corrected chi connectivity index (χ0v) is 11.5. The maximum Gasteiger partial charge on any atom is 0.341 e. The average molecular weight is 331 g/mol. The second-order valence-electron chi connectivity index (χ2n) is 3.39. The molecule has 0 saturated heterocycles. The largest absolute Gasteiger partial charge is 0.493 e. The maximum absolute atomic E-state index is 10.5. The zero-order chi connectivity index (χ0) is 14.4. The van der Waals surface area contributed by atoms with Gasteiger partial charge in [0.25, 0.3) is 0 Å². The van der Waals surface area contributed by atoms with Gasteiger partial charge < -0.3 is 19.7 Å². The van der Waals surface area contributed by atoms with Crippen molar-refractivity contribution in [3.8, 4) is 11.5 Å². The number of rotatable bonds is 6. The van der Waals surface area contributed by atoms with E-state index in [1.54, 1.807) is 12.1 Å². The fraction of sp³-hybridized carbons (Fsp3) is 0.167. The molecule has 0 bridgehead atoms. The number of methoxy groups -OCH3 is 1. The summed E-state index contributed by atoms with van der Waals surface area (Å²) in [5, 5.41) is 17.1. The van der Waals surface area contributed by atoms with Gasteiger partial charge in [0.1, 0.15) is 0 Å². The molecule has 6 nitrogen and oxygen atoms in total. The molecule has 0 aliphatic heterocycles. The van der Waals surface area contributed by atoms with E-state index in [4.69, 9.17) is 19.7 Å². The molecule has 0 amide bonds. The van der Waals surface area contributed by atoms with Crippen molar-refractivity contribution in [2.75, 3.05) is 13.7 Å². The van der Waals surface area contributed by atoms with Gasteiger partial charge in [0.2, 0.25) is 0 Å². The van der Waals surface area contributed by atoms with Crippen molar-refractivity contribution in [2.24, 2.45) is 0 Å². The van der Waals surface area contributed by atoms with Crippen molar-refractivity contribution in [3.63, 3.8) is 0 Å². The Hall–Kier alpha value is -2.02. The van der Waals surface area contributed by atoms with Crippen molar-refractivity contribution in [3.05, 3.63) is 28.2 Å². The summed E-state index contributed by atoms with van der Waals surface area (Å²) in [6.07, 6.45) is 2.37. The second-order valence-corrected chi connectivity index (χ2v) is 4.24. The number of hydrogen-bond donors (Lipinski definition) is 2. The monoisotopic (exact) mass is 330 g/mol. The van der Waals surface area contributed by atoms with Gasteiger partial charge in [-0.25, -0.2) is 9.59 Å². The molecule has 7 heteroatoms. The van der Waals surface area contributed by atoms with E-state index in [9.17, 15) is 9.59 Å². The molecule has 1 aromatic carbocycles. The van der Waals surface area contributed by atoms with Crippen LogP contribution in [0.4, 0.5) is 0 Å². The molecule has 102 valence electrons. The smallest absolute Gasteiger partial charge is 0.341 e. The third-order valence-corrected chi connectivity index (χ3v) is 2.60. The van der Waals surface area contributed by atoms with E-state index in [1.165, 1.54) is 13.2 Å². The summed E-state index contributed by atoms with van der Waals surface area (Å²) in [6.45, 7) is -0.501. The van der Waals surface area contributed by atoms with Gasteiger partial charge >= 0.3 is 11.9 Å². The number of carboxylic acids is 2. The number of benzene rings is 1. The van der Waals surface area contributed by atoms with Crippen LogP contribution in [0, 0.1) is 0 Å². The Morgan fingerprint density at radius 3 is 2.58 bits per heavy atom. The summed E-state index contributed by atoms with van der Waals surface area (Å²) < 4.78 is 10.6. The van der Waals surface area contributed by atoms with Crippen molar-refractivity contribution in [2.45, 2.75) is 0 Å². The zero-order valence-electron chi connectivity index (χ0n) is 9.92. The number of carbonyl (C=O) groups is 2. The van der Waals surface area contributed by atoms with E-state index in [0.29, 0.717) is 15.8 Å². The summed E-state index contributed by atoms with van der Waals surface area (Å²) in [5.74, 6) is -1.62. The standard InChI is InChI=1S/C12H11BrO6/c1-18-9-5-7(2-3-10(14)15)4-8(13)12(9)19-6-11(16)17/h2-5H,6H2,1H3,(H,14,15)(H,16,17)/b3-2+. The van der Waals surface area contributed by atoms with E-state index in [2.05, 4.69) is 15.9 Å². The number of aliphatic carboxylic acids is 2. The lowest BCUT2D eigenvalue weighted by molar-refractivity contribution is -0.139. The molecule has 0 unspecified atom stereocenters. The van der Waals surface area contributed by atoms with Crippen molar-refractivity contribution in [1.82, 2.24) is 0 Å². The second kappa shape index (κ2) is 6.79. The highest BCUT2D eigenvalue weighted by Gasteiger charge is 2.12. The van der Waals surface area contributed by atoms with Gasteiger partial charge in [-0.1, -0.05) is 0 Å². The maximum atomic E-state index is 10.5. The highest BCUT2D eigenvalue weighted by molar-refractivity contribution is 9.10. The topological polar surface area (TPSA) is 93.1 Å². The molecular formula is C12H11BrO6. The number of halogens is 1. The van der Waals surface area contributed by atoms with Crippen molar-refractivity contribution < 1.29 is 29.3 Å². The lowest BCUT2D eigenvalue weighted by Gasteiger charge is -2.12. The molecule has 2 N–H and O–H groups in total. The van der Waals surface area contributed by atoms with Gasteiger partial charge in [0.15, 0.2) is 18.1 Å².